The molecule has 1 amide bonds. The molecule has 3 nitrogen and oxygen atoms in total. The van der Waals surface area contributed by atoms with Crippen LogP contribution in [-0.2, 0) is 4.79 Å². The molecule has 0 atom stereocenters. The molecule has 1 spiro atoms. The maximum Gasteiger partial charge on any atom is 0.226 e. The first kappa shape index (κ1) is 12.3. The smallest absolute Gasteiger partial charge is 0.226 e. The van der Waals surface area contributed by atoms with Gasteiger partial charge >= 0.3 is 0 Å². The number of benzene rings is 1. The van der Waals surface area contributed by atoms with E-state index in [2.05, 4.69) is 45.4 Å². The van der Waals surface area contributed by atoms with E-state index in [1.165, 1.54) is 19.3 Å². The van der Waals surface area contributed by atoms with E-state index in [0.717, 1.165) is 27.8 Å². The Hall–Kier alpha value is -0.780. The molecule has 1 saturated carbocycles. The van der Waals surface area contributed by atoms with Gasteiger partial charge in [-0.15, -0.1) is 0 Å². The molecule has 0 bridgehead atoms. The van der Waals surface area contributed by atoms with Gasteiger partial charge in [-0.2, -0.15) is 0 Å². The monoisotopic (exact) mass is 356 g/mol. The standard InChI is InChI=1S/C14H17IN2O/c15-10-4-5-11-12(8-10)16-13(18)9-14(17-11)6-2-1-3-7-14/h4-5,8,17H,1-3,6-7,9H2,(H,16,18). The number of fused-ring (bicyclic) bond motifs is 1. The molecule has 0 radical (unpaired) electrons. The van der Waals surface area contributed by atoms with Gasteiger partial charge in [0.1, 0.15) is 0 Å². The van der Waals surface area contributed by atoms with Crippen LogP contribution in [0.5, 0.6) is 0 Å². The number of carbonyl (C=O) groups is 1. The van der Waals surface area contributed by atoms with E-state index in [1.807, 2.05) is 6.07 Å². The lowest BCUT2D eigenvalue weighted by Gasteiger charge is -2.37. The van der Waals surface area contributed by atoms with E-state index in [1.54, 1.807) is 0 Å². The van der Waals surface area contributed by atoms with E-state index in [4.69, 9.17) is 0 Å². The molecule has 2 N–H and O–H groups in total. The number of halogens is 1. The maximum atomic E-state index is 12.1. The predicted molar refractivity (Wildman–Crippen MR) is 81.8 cm³/mol. The second-order valence-corrected chi connectivity index (χ2v) is 6.63. The molecule has 0 saturated heterocycles. The van der Waals surface area contributed by atoms with Crippen LogP contribution in [0.15, 0.2) is 18.2 Å². The van der Waals surface area contributed by atoms with Gasteiger partial charge < -0.3 is 10.6 Å². The number of carbonyl (C=O) groups excluding carboxylic acids is 1. The van der Waals surface area contributed by atoms with E-state index in [9.17, 15) is 4.79 Å². The highest BCUT2D eigenvalue weighted by molar-refractivity contribution is 14.1. The molecule has 2 aliphatic rings. The average molecular weight is 356 g/mol. The van der Waals surface area contributed by atoms with Crippen LogP contribution < -0.4 is 10.6 Å². The van der Waals surface area contributed by atoms with Crippen molar-refractivity contribution >= 4 is 39.9 Å². The Kier molecular flexibility index (Phi) is 3.21. The van der Waals surface area contributed by atoms with Crippen molar-refractivity contribution in [2.75, 3.05) is 10.6 Å². The number of amides is 1. The first-order valence-corrected chi connectivity index (χ1v) is 7.62. The molecule has 3 rings (SSSR count). The highest BCUT2D eigenvalue weighted by Crippen LogP contribution is 2.39. The van der Waals surface area contributed by atoms with Crippen molar-refractivity contribution in [3.8, 4) is 0 Å². The lowest BCUT2D eigenvalue weighted by Crippen LogP contribution is -2.41. The Morgan fingerprint density at radius 1 is 1.11 bits per heavy atom. The fourth-order valence-electron chi connectivity index (χ4n) is 3.09. The zero-order valence-corrected chi connectivity index (χ0v) is 12.4. The molecule has 18 heavy (non-hydrogen) atoms. The minimum absolute atomic E-state index is 0.0135. The molecule has 1 aromatic carbocycles. The zero-order valence-electron chi connectivity index (χ0n) is 10.3. The largest absolute Gasteiger partial charge is 0.377 e. The van der Waals surface area contributed by atoms with Crippen molar-refractivity contribution in [2.45, 2.75) is 44.1 Å². The van der Waals surface area contributed by atoms with Crippen molar-refractivity contribution in [3.63, 3.8) is 0 Å². The molecule has 0 aromatic heterocycles. The Morgan fingerprint density at radius 3 is 2.67 bits per heavy atom. The van der Waals surface area contributed by atoms with Gasteiger partial charge in [0.15, 0.2) is 0 Å². The van der Waals surface area contributed by atoms with Crippen molar-refractivity contribution < 1.29 is 4.79 Å². The molecule has 1 aromatic rings. The molecule has 4 heteroatoms. The van der Waals surface area contributed by atoms with Crippen molar-refractivity contribution in [1.29, 1.82) is 0 Å². The number of hydrogen-bond donors (Lipinski definition) is 2. The van der Waals surface area contributed by atoms with Crippen LogP contribution in [0.25, 0.3) is 0 Å². The summed E-state index contributed by atoms with van der Waals surface area (Å²) in [4.78, 5) is 12.1. The summed E-state index contributed by atoms with van der Waals surface area (Å²) in [6, 6.07) is 6.20. The van der Waals surface area contributed by atoms with Gasteiger partial charge in [-0.25, -0.2) is 0 Å². The molecule has 0 unspecified atom stereocenters. The summed E-state index contributed by atoms with van der Waals surface area (Å²) in [6.45, 7) is 0. The minimum atomic E-state index is -0.0135. The first-order valence-electron chi connectivity index (χ1n) is 6.55. The third-order valence-corrected chi connectivity index (χ3v) is 4.64. The lowest BCUT2D eigenvalue weighted by molar-refractivity contribution is -0.117. The summed E-state index contributed by atoms with van der Waals surface area (Å²) in [7, 11) is 0. The molecule has 1 aliphatic heterocycles. The van der Waals surface area contributed by atoms with Gasteiger partial charge in [0.25, 0.3) is 0 Å². The maximum absolute atomic E-state index is 12.1. The summed E-state index contributed by atoms with van der Waals surface area (Å²) in [5.74, 6) is 0.144. The Balaban J connectivity index is 1.97. The number of anilines is 2. The van der Waals surface area contributed by atoms with Crippen LogP contribution in [0.3, 0.4) is 0 Å². The summed E-state index contributed by atoms with van der Waals surface area (Å²) >= 11 is 2.27. The number of rotatable bonds is 0. The average Bonchev–Trinajstić information content (AvgIpc) is 2.45. The summed E-state index contributed by atoms with van der Waals surface area (Å²) in [6.07, 6.45) is 6.54. The van der Waals surface area contributed by atoms with Gasteiger partial charge in [-0.1, -0.05) is 19.3 Å². The van der Waals surface area contributed by atoms with Gasteiger partial charge in [-0.05, 0) is 53.6 Å². The Bertz CT molecular complexity index is 481. The molecular formula is C14H17IN2O. The minimum Gasteiger partial charge on any atom is -0.377 e. The van der Waals surface area contributed by atoms with E-state index >= 15 is 0 Å². The highest BCUT2D eigenvalue weighted by atomic mass is 127. The topological polar surface area (TPSA) is 41.1 Å². The molecule has 1 aliphatic carbocycles. The lowest BCUT2D eigenvalue weighted by atomic mass is 9.79. The van der Waals surface area contributed by atoms with Crippen LogP contribution in [0.2, 0.25) is 0 Å². The highest BCUT2D eigenvalue weighted by Gasteiger charge is 2.36. The fourth-order valence-corrected chi connectivity index (χ4v) is 3.58. The van der Waals surface area contributed by atoms with Gasteiger partial charge in [0.2, 0.25) is 5.91 Å². The Labute approximate surface area is 121 Å². The summed E-state index contributed by atoms with van der Waals surface area (Å²) in [5.41, 5.74) is 1.98. The second-order valence-electron chi connectivity index (χ2n) is 5.38. The van der Waals surface area contributed by atoms with Crippen LogP contribution in [0, 0.1) is 3.57 Å². The zero-order chi connectivity index (χ0) is 12.6. The van der Waals surface area contributed by atoms with Crippen molar-refractivity contribution in [3.05, 3.63) is 21.8 Å². The molecule has 1 fully saturated rings. The quantitative estimate of drug-likeness (QED) is 0.696. The Morgan fingerprint density at radius 2 is 1.89 bits per heavy atom. The molecule has 1 heterocycles. The molecule has 96 valence electrons. The van der Waals surface area contributed by atoms with E-state index < -0.39 is 0 Å². The summed E-state index contributed by atoms with van der Waals surface area (Å²) < 4.78 is 1.15. The van der Waals surface area contributed by atoms with Crippen LogP contribution in [0.4, 0.5) is 11.4 Å². The number of nitrogens with one attached hydrogen (secondary N) is 2. The van der Waals surface area contributed by atoms with E-state index in [-0.39, 0.29) is 11.4 Å². The van der Waals surface area contributed by atoms with Gasteiger partial charge in [-0.3, -0.25) is 4.79 Å². The van der Waals surface area contributed by atoms with Crippen molar-refractivity contribution in [2.24, 2.45) is 0 Å². The van der Waals surface area contributed by atoms with Crippen molar-refractivity contribution in [1.82, 2.24) is 0 Å². The number of hydrogen-bond acceptors (Lipinski definition) is 2. The predicted octanol–water partition coefficient (Wildman–Crippen LogP) is 3.75. The molecular weight excluding hydrogens is 339 g/mol. The van der Waals surface area contributed by atoms with Crippen LogP contribution >= 0.6 is 22.6 Å². The van der Waals surface area contributed by atoms with E-state index in [0.29, 0.717) is 6.42 Å². The second kappa shape index (κ2) is 4.72. The van der Waals surface area contributed by atoms with Gasteiger partial charge in [0, 0.05) is 15.5 Å². The third-order valence-electron chi connectivity index (χ3n) is 3.97. The normalized spacial score (nSPS) is 21.7. The SMILES string of the molecule is O=C1CC2(CCCCC2)Nc2ccc(I)cc2N1. The third kappa shape index (κ3) is 2.35. The first-order chi connectivity index (χ1) is 8.67. The van der Waals surface area contributed by atoms with Crippen LogP contribution in [0.1, 0.15) is 38.5 Å². The van der Waals surface area contributed by atoms with Crippen LogP contribution in [-0.4, -0.2) is 11.4 Å². The summed E-state index contributed by atoms with van der Waals surface area (Å²) in [5, 5.41) is 6.67. The fraction of sp³-hybridized carbons (Fsp3) is 0.500. The van der Waals surface area contributed by atoms with Gasteiger partial charge in [0.05, 0.1) is 11.4 Å².